The maximum absolute atomic E-state index is 14.9. The average Bonchev–Trinajstić information content (AvgIpc) is 3.48. The van der Waals surface area contributed by atoms with Crippen molar-refractivity contribution in [1.82, 2.24) is 4.57 Å². The quantitative estimate of drug-likeness (QED) is 0.311. The number of aromatic nitrogens is 1. The van der Waals surface area contributed by atoms with Gasteiger partial charge in [-0.2, -0.15) is 0 Å². The topological polar surface area (TPSA) is 150 Å². The zero-order valence-electron chi connectivity index (χ0n) is 22.0. The number of fused-ring (bicyclic) bond motifs is 1. The van der Waals surface area contributed by atoms with Gasteiger partial charge in [-0.05, 0) is 87.7 Å². The Hall–Kier alpha value is -2.43. The predicted molar refractivity (Wildman–Crippen MR) is 154 cm³/mol. The van der Waals surface area contributed by atoms with Crippen molar-refractivity contribution in [3.63, 3.8) is 0 Å². The number of halogens is 2. The molecule has 0 bridgehead atoms. The van der Waals surface area contributed by atoms with Crippen LogP contribution in [0.3, 0.4) is 0 Å². The molecule has 1 aromatic heterocycles. The number of rotatable bonds is 8. The normalized spacial score (nSPS) is 17.0. The molecule has 1 fully saturated rings. The van der Waals surface area contributed by atoms with Crippen LogP contribution in [0.1, 0.15) is 45.6 Å². The van der Waals surface area contributed by atoms with Crippen LogP contribution in [0.2, 0.25) is 0 Å². The van der Waals surface area contributed by atoms with Crippen molar-refractivity contribution in [2.24, 2.45) is 0 Å². The standard InChI is InChI=1S/C25H32FIN4O7S/c1-14-19(28-18-6-5-15(27)11-17(18)26)20(29-39(36,37)25(7-8-25)12-16(33)13-32)21-30(22(14)34)9-10-31(21)23(35)38-24(2,3)4/h5-6,11,16,28-29,32-33H,7-10,12-13H2,1-4H3. The smallest absolute Gasteiger partial charge is 0.416 e. The van der Waals surface area contributed by atoms with Crippen LogP contribution in [-0.2, 0) is 21.3 Å². The first-order valence-electron chi connectivity index (χ1n) is 12.4. The molecule has 1 saturated carbocycles. The zero-order valence-corrected chi connectivity index (χ0v) is 25.0. The summed E-state index contributed by atoms with van der Waals surface area (Å²) in [6.45, 7) is 6.08. The summed E-state index contributed by atoms with van der Waals surface area (Å²) < 4.78 is 51.0. The van der Waals surface area contributed by atoms with E-state index < -0.39 is 50.6 Å². The second-order valence-corrected chi connectivity index (χ2v) is 14.2. The molecule has 2 heterocycles. The highest BCUT2D eigenvalue weighted by molar-refractivity contribution is 14.1. The highest BCUT2D eigenvalue weighted by Crippen LogP contribution is 2.50. The number of pyridine rings is 1. The molecule has 214 valence electrons. The van der Waals surface area contributed by atoms with Gasteiger partial charge in [0.2, 0.25) is 10.0 Å². The number of hydrogen-bond acceptors (Lipinski definition) is 8. The molecule has 4 rings (SSSR count). The Morgan fingerprint density at radius 1 is 1.26 bits per heavy atom. The summed E-state index contributed by atoms with van der Waals surface area (Å²) in [7, 11) is -4.22. The van der Waals surface area contributed by atoms with Gasteiger partial charge in [0.05, 0.1) is 28.8 Å². The first-order chi connectivity index (χ1) is 18.1. The summed E-state index contributed by atoms with van der Waals surface area (Å²) in [5, 5.41) is 22.2. The molecule has 0 saturated heterocycles. The minimum atomic E-state index is -4.22. The second-order valence-electron chi connectivity index (χ2n) is 10.9. The van der Waals surface area contributed by atoms with E-state index in [2.05, 4.69) is 10.0 Å². The molecular weight excluding hydrogens is 646 g/mol. The summed E-state index contributed by atoms with van der Waals surface area (Å²) in [5.41, 5.74) is -1.35. The first-order valence-corrected chi connectivity index (χ1v) is 15.0. The maximum atomic E-state index is 14.9. The Kier molecular flexibility index (Phi) is 7.97. The third kappa shape index (κ3) is 5.88. The number of nitrogens with one attached hydrogen (secondary N) is 2. The van der Waals surface area contributed by atoms with E-state index in [4.69, 9.17) is 4.74 Å². The lowest BCUT2D eigenvalue weighted by atomic mass is 10.2. The average molecular weight is 679 g/mol. The van der Waals surface area contributed by atoms with Crippen LogP contribution in [0, 0.1) is 16.3 Å². The van der Waals surface area contributed by atoms with Crippen LogP contribution in [0.5, 0.6) is 0 Å². The van der Waals surface area contributed by atoms with Crippen LogP contribution in [-0.4, -0.2) is 58.9 Å². The van der Waals surface area contributed by atoms with E-state index in [1.54, 1.807) is 26.8 Å². The van der Waals surface area contributed by atoms with Gasteiger partial charge < -0.3 is 20.3 Å². The first kappa shape index (κ1) is 29.6. The van der Waals surface area contributed by atoms with Crippen molar-refractivity contribution in [3.8, 4) is 0 Å². The van der Waals surface area contributed by atoms with Gasteiger partial charge in [-0.3, -0.25) is 19.0 Å². The van der Waals surface area contributed by atoms with E-state index in [-0.39, 0.29) is 60.8 Å². The number of sulfonamides is 1. The van der Waals surface area contributed by atoms with Crippen molar-refractivity contribution >= 4 is 61.6 Å². The van der Waals surface area contributed by atoms with Gasteiger partial charge in [0.15, 0.2) is 0 Å². The van der Waals surface area contributed by atoms with Crippen molar-refractivity contribution in [1.29, 1.82) is 0 Å². The lowest BCUT2D eigenvalue weighted by molar-refractivity contribution is 0.0584. The Morgan fingerprint density at radius 2 is 1.92 bits per heavy atom. The lowest BCUT2D eigenvalue weighted by Crippen LogP contribution is -2.38. The second kappa shape index (κ2) is 10.5. The van der Waals surface area contributed by atoms with Crippen molar-refractivity contribution < 1.29 is 32.6 Å². The molecule has 4 N–H and O–H groups in total. The number of anilines is 4. The number of nitrogens with zero attached hydrogens (tertiary/aromatic N) is 2. The highest BCUT2D eigenvalue weighted by Gasteiger charge is 2.56. The molecule has 2 aromatic rings. The van der Waals surface area contributed by atoms with Gasteiger partial charge in [0.25, 0.3) is 5.56 Å². The Bertz CT molecular complexity index is 1470. The molecule has 2 aliphatic rings. The maximum Gasteiger partial charge on any atom is 0.416 e. The molecule has 1 aliphatic heterocycles. The van der Waals surface area contributed by atoms with E-state index >= 15 is 0 Å². The molecule has 14 heteroatoms. The number of aliphatic hydroxyl groups is 2. The van der Waals surface area contributed by atoms with E-state index in [9.17, 15) is 32.6 Å². The van der Waals surface area contributed by atoms with Gasteiger partial charge in [-0.25, -0.2) is 17.6 Å². The highest BCUT2D eigenvalue weighted by atomic mass is 127. The lowest BCUT2D eigenvalue weighted by Gasteiger charge is -2.28. The summed E-state index contributed by atoms with van der Waals surface area (Å²) >= 11 is 1.95. The van der Waals surface area contributed by atoms with E-state index in [0.717, 1.165) is 0 Å². The minimum Gasteiger partial charge on any atom is -0.443 e. The summed E-state index contributed by atoms with van der Waals surface area (Å²) in [6.07, 6.45) is -1.72. The van der Waals surface area contributed by atoms with Crippen LogP contribution in [0.15, 0.2) is 23.0 Å². The molecule has 11 nitrogen and oxygen atoms in total. The molecule has 1 amide bonds. The SMILES string of the molecule is Cc1c(Nc2ccc(I)cc2F)c(NS(=O)(=O)C2(CC(O)CO)CC2)c2n(c1=O)CCN2C(=O)OC(C)(C)C. The van der Waals surface area contributed by atoms with Crippen LogP contribution in [0.4, 0.5) is 32.1 Å². The third-order valence-electron chi connectivity index (χ3n) is 6.71. The van der Waals surface area contributed by atoms with Gasteiger partial charge in [-0.1, -0.05) is 0 Å². The fraction of sp³-hybridized carbons (Fsp3) is 0.520. The number of aliphatic hydroxyl groups excluding tert-OH is 2. The molecule has 39 heavy (non-hydrogen) atoms. The monoisotopic (exact) mass is 678 g/mol. The molecule has 0 spiro atoms. The number of carbonyl (C=O) groups excluding carboxylic acids is 1. The number of hydrogen-bond donors (Lipinski definition) is 4. The summed E-state index contributed by atoms with van der Waals surface area (Å²) in [5.74, 6) is -0.653. The molecule has 1 atom stereocenters. The number of benzene rings is 1. The van der Waals surface area contributed by atoms with Crippen LogP contribution >= 0.6 is 22.6 Å². The van der Waals surface area contributed by atoms with Crippen molar-refractivity contribution in [2.75, 3.05) is 28.1 Å². The van der Waals surface area contributed by atoms with E-state index in [1.165, 1.54) is 28.5 Å². The van der Waals surface area contributed by atoms with Gasteiger partial charge in [-0.15, -0.1) is 0 Å². The number of carbonyl (C=O) groups is 1. The predicted octanol–water partition coefficient (Wildman–Crippen LogP) is 3.42. The minimum absolute atomic E-state index is 0.00182. The Morgan fingerprint density at radius 3 is 2.49 bits per heavy atom. The van der Waals surface area contributed by atoms with E-state index in [1.807, 2.05) is 22.6 Å². The van der Waals surface area contributed by atoms with Gasteiger partial charge in [0, 0.05) is 22.2 Å². The summed E-state index contributed by atoms with van der Waals surface area (Å²) in [4.78, 5) is 27.7. The third-order valence-corrected chi connectivity index (χ3v) is 9.57. The Labute approximate surface area is 239 Å². The largest absolute Gasteiger partial charge is 0.443 e. The van der Waals surface area contributed by atoms with Crippen LogP contribution in [0.25, 0.3) is 0 Å². The van der Waals surface area contributed by atoms with Crippen molar-refractivity contribution in [3.05, 3.63) is 43.5 Å². The van der Waals surface area contributed by atoms with E-state index in [0.29, 0.717) is 3.57 Å². The fourth-order valence-electron chi connectivity index (χ4n) is 4.57. The fourth-order valence-corrected chi connectivity index (χ4v) is 6.75. The van der Waals surface area contributed by atoms with Gasteiger partial charge >= 0.3 is 6.09 Å². The summed E-state index contributed by atoms with van der Waals surface area (Å²) in [6, 6.07) is 4.39. The molecule has 0 radical (unpaired) electrons. The van der Waals surface area contributed by atoms with Crippen molar-refractivity contribution in [2.45, 2.75) is 70.0 Å². The number of ether oxygens (including phenoxy) is 1. The zero-order chi connectivity index (χ0) is 28.9. The van der Waals surface area contributed by atoms with Gasteiger partial charge in [0.1, 0.15) is 22.9 Å². The molecule has 1 aliphatic carbocycles. The molecule has 1 unspecified atom stereocenters. The Balaban J connectivity index is 1.89. The van der Waals surface area contributed by atoms with Crippen LogP contribution < -0.4 is 20.5 Å². The molecular formula is C25H32FIN4O7S. The number of amides is 1. The molecule has 1 aromatic carbocycles.